The number of carboxylic acid groups (broad SMARTS) is 1. The predicted molar refractivity (Wildman–Crippen MR) is 68.7 cm³/mol. The summed E-state index contributed by atoms with van der Waals surface area (Å²) in [5.74, 6) is -0.812. The van der Waals surface area contributed by atoms with Crippen LogP contribution in [0.15, 0.2) is 12.3 Å². The molecule has 1 saturated carbocycles. The van der Waals surface area contributed by atoms with Gasteiger partial charge in [-0.25, -0.2) is 4.79 Å². The maximum Gasteiger partial charge on any atom is 0.329 e. The molecule has 2 rings (SSSR count). The number of aliphatic carboxylic acids is 1. The molecule has 0 aliphatic heterocycles. The summed E-state index contributed by atoms with van der Waals surface area (Å²) in [7, 11) is 1.66. The first-order chi connectivity index (χ1) is 8.94. The lowest BCUT2D eigenvalue weighted by Gasteiger charge is -2.36. The van der Waals surface area contributed by atoms with E-state index < -0.39 is 11.5 Å². The zero-order valence-corrected chi connectivity index (χ0v) is 11.2. The van der Waals surface area contributed by atoms with Gasteiger partial charge in [0, 0.05) is 13.2 Å². The summed E-state index contributed by atoms with van der Waals surface area (Å²) in [6, 6.07) is 1.58. The summed E-state index contributed by atoms with van der Waals surface area (Å²) >= 11 is 0. The number of hydrogen-bond donors (Lipinski definition) is 2. The molecule has 1 aliphatic carbocycles. The maximum atomic E-state index is 12.2. The highest BCUT2D eigenvalue weighted by Gasteiger charge is 2.42. The molecule has 1 aliphatic rings. The highest BCUT2D eigenvalue weighted by molar-refractivity contribution is 5.96. The van der Waals surface area contributed by atoms with Crippen LogP contribution in [0.1, 0.15) is 43.1 Å². The van der Waals surface area contributed by atoms with Crippen molar-refractivity contribution in [3.8, 4) is 0 Å². The standard InChI is InChI=1S/C13H19N3O3/c1-9-3-6-13(7-4-9,12(18)19)15-11(17)10-5-8-14-16(10)2/h5,8-9H,3-4,6-7H2,1-2H3,(H,15,17)(H,18,19). The molecule has 104 valence electrons. The molecule has 1 aromatic heterocycles. The highest BCUT2D eigenvalue weighted by Crippen LogP contribution is 2.32. The lowest BCUT2D eigenvalue weighted by atomic mass is 9.77. The van der Waals surface area contributed by atoms with Crippen LogP contribution >= 0.6 is 0 Å². The van der Waals surface area contributed by atoms with Gasteiger partial charge in [-0.15, -0.1) is 0 Å². The Morgan fingerprint density at radius 1 is 1.47 bits per heavy atom. The van der Waals surface area contributed by atoms with Crippen molar-refractivity contribution >= 4 is 11.9 Å². The first-order valence-corrected chi connectivity index (χ1v) is 6.48. The van der Waals surface area contributed by atoms with Crippen LogP contribution < -0.4 is 5.32 Å². The third kappa shape index (κ3) is 2.62. The average Bonchev–Trinajstić information content (AvgIpc) is 2.78. The molecule has 0 spiro atoms. The number of nitrogens with one attached hydrogen (secondary N) is 1. The van der Waals surface area contributed by atoms with Crippen molar-refractivity contribution in [2.24, 2.45) is 13.0 Å². The SMILES string of the molecule is CC1CCC(NC(=O)c2ccnn2C)(C(=O)O)CC1. The van der Waals surface area contributed by atoms with E-state index in [1.54, 1.807) is 13.1 Å². The Labute approximate surface area is 111 Å². The largest absolute Gasteiger partial charge is 0.480 e. The quantitative estimate of drug-likeness (QED) is 0.859. The minimum atomic E-state index is -1.13. The van der Waals surface area contributed by atoms with Crippen molar-refractivity contribution in [1.82, 2.24) is 15.1 Å². The van der Waals surface area contributed by atoms with E-state index in [9.17, 15) is 14.7 Å². The number of carbonyl (C=O) groups excluding carboxylic acids is 1. The molecule has 1 aromatic rings. The molecule has 6 nitrogen and oxygen atoms in total. The number of amides is 1. The van der Waals surface area contributed by atoms with E-state index >= 15 is 0 Å². The van der Waals surface area contributed by atoms with Crippen LogP contribution in [0.3, 0.4) is 0 Å². The summed E-state index contributed by atoms with van der Waals surface area (Å²) in [6.45, 7) is 2.11. The minimum Gasteiger partial charge on any atom is -0.480 e. The molecule has 1 amide bonds. The summed E-state index contributed by atoms with van der Waals surface area (Å²) in [5, 5.41) is 16.1. The van der Waals surface area contributed by atoms with Crippen LogP contribution in [0.2, 0.25) is 0 Å². The van der Waals surface area contributed by atoms with Gasteiger partial charge in [0.05, 0.1) is 0 Å². The van der Waals surface area contributed by atoms with Crippen LogP contribution in [0, 0.1) is 5.92 Å². The Bertz CT molecular complexity index is 487. The Morgan fingerprint density at radius 3 is 2.58 bits per heavy atom. The van der Waals surface area contributed by atoms with Gasteiger partial charge in [-0.3, -0.25) is 9.48 Å². The van der Waals surface area contributed by atoms with Crippen molar-refractivity contribution in [2.45, 2.75) is 38.1 Å². The van der Waals surface area contributed by atoms with Gasteiger partial charge < -0.3 is 10.4 Å². The van der Waals surface area contributed by atoms with E-state index in [0.717, 1.165) is 12.8 Å². The summed E-state index contributed by atoms with van der Waals surface area (Å²) < 4.78 is 1.44. The molecular formula is C13H19N3O3. The molecule has 1 fully saturated rings. The lowest BCUT2D eigenvalue weighted by Crippen LogP contribution is -2.56. The monoisotopic (exact) mass is 265 g/mol. The van der Waals surface area contributed by atoms with Gasteiger partial charge in [0.1, 0.15) is 11.2 Å². The first-order valence-electron chi connectivity index (χ1n) is 6.48. The van der Waals surface area contributed by atoms with Gasteiger partial charge >= 0.3 is 5.97 Å². The first kappa shape index (κ1) is 13.6. The van der Waals surface area contributed by atoms with Crippen LogP contribution in [-0.2, 0) is 11.8 Å². The zero-order chi connectivity index (χ0) is 14.0. The van der Waals surface area contributed by atoms with E-state index in [-0.39, 0.29) is 5.91 Å². The minimum absolute atomic E-state index is 0.374. The number of aromatic nitrogens is 2. The van der Waals surface area contributed by atoms with Gasteiger partial charge in [0.25, 0.3) is 5.91 Å². The normalized spacial score (nSPS) is 26.9. The van der Waals surface area contributed by atoms with Gasteiger partial charge in [0.2, 0.25) is 0 Å². The lowest BCUT2D eigenvalue weighted by molar-refractivity contribution is -0.146. The zero-order valence-electron chi connectivity index (χ0n) is 11.2. The molecule has 6 heteroatoms. The Hall–Kier alpha value is -1.85. The summed E-state index contributed by atoms with van der Waals surface area (Å²) in [5.41, 5.74) is -0.757. The molecule has 0 radical (unpaired) electrons. The number of hydrogen-bond acceptors (Lipinski definition) is 3. The fourth-order valence-corrected chi connectivity index (χ4v) is 2.53. The van der Waals surface area contributed by atoms with Crippen molar-refractivity contribution in [3.63, 3.8) is 0 Å². The van der Waals surface area contributed by atoms with Crippen LogP contribution in [0.5, 0.6) is 0 Å². The van der Waals surface area contributed by atoms with E-state index in [4.69, 9.17) is 0 Å². The Balaban J connectivity index is 2.16. The summed E-state index contributed by atoms with van der Waals surface area (Å²) in [6.07, 6.45) is 4.11. The fourth-order valence-electron chi connectivity index (χ4n) is 2.53. The van der Waals surface area contributed by atoms with Gasteiger partial charge in [-0.2, -0.15) is 5.10 Å². The molecule has 1 heterocycles. The molecule has 19 heavy (non-hydrogen) atoms. The van der Waals surface area contributed by atoms with Gasteiger partial charge in [0.15, 0.2) is 0 Å². The number of carbonyl (C=O) groups is 2. The summed E-state index contributed by atoms with van der Waals surface area (Å²) in [4.78, 5) is 23.7. The van der Waals surface area contributed by atoms with Crippen LogP contribution in [-0.4, -0.2) is 32.3 Å². The van der Waals surface area contributed by atoms with E-state index in [0.29, 0.717) is 24.5 Å². The average molecular weight is 265 g/mol. The van der Waals surface area contributed by atoms with E-state index in [2.05, 4.69) is 17.3 Å². The third-order valence-corrected chi connectivity index (χ3v) is 3.94. The second-order valence-corrected chi connectivity index (χ2v) is 5.36. The van der Waals surface area contributed by atoms with E-state index in [1.165, 1.54) is 10.9 Å². The second-order valence-electron chi connectivity index (χ2n) is 5.36. The third-order valence-electron chi connectivity index (χ3n) is 3.94. The van der Waals surface area contributed by atoms with Gasteiger partial charge in [-0.1, -0.05) is 6.92 Å². The highest BCUT2D eigenvalue weighted by atomic mass is 16.4. The number of nitrogens with zero attached hydrogens (tertiary/aromatic N) is 2. The molecule has 0 atom stereocenters. The smallest absolute Gasteiger partial charge is 0.329 e. The second kappa shape index (κ2) is 5.03. The molecule has 0 unspecified atom stereocenters. The Kier molecular flexibility index (Phi) is 3.59. The number of aryl methyl sites for hydroxylation is 1. The van der Waals surface area contributed by atoms with E-state index in [1.807, 2.05) is 0 Å². The molecule has 0 bridgehead atoms. The molecular weight excluding hydrogens is 246 g/mol. The molecule has 2 N–H and O–H groups in total. The van der Waals surface area contributed by atoms with Crippen LogP contribution in [0.4, 0.5) is 0 Å². The molecule has 0 saturated heterocycles. The predicted octanol–water partition coefficient (Wildman–Crippen LogP) is 1.18. The van der Waals surface area contributed by atoms with Crippen molar-refractivity contribution in [1.29, 1.82) is 0 Å². The topological polar surface area (TPSA) is 84.2 Å². The number of carboxylic acids is 1. The Morgan fingerprint density at radius 2 is 2.11 bits per heavy atom. The van der Waals surface area contributed by atoms with Crippen molar-refractivity contribution in [3.05, 3.63) is 18.0 Å². The van der Waals surface area contributed by atoms with Gasteiger partial charge in [-0.05, 0) is 37.7 Å². The maximum absolute atomic E-state index is 12.2. The molecule has 0 aromatic carbocycles. The van der Waals surface area contributed by atoms with Crippen molar-refractivity contribution in [2.75, 3.05) is 0 Å². The van der Waals surface area contributed by atoms with Crippen LogP contribution in [0.25, 0.3) is 0 Å². The fraction of sp³-hybridized carbons (Fsp3) is 0.615. The number of rotatable bonds is 3. The van der Waals surface area contributed by atoms with Crippen molar-refractivity contribution < 1.29 is 14.7 Å².